The molecule has 0 spiro atoms. The van der Waals surface area contributed by atoms with E-state index >= 15 is 0 Å². The molecule has 1 aromatic heterocycles. The highest BCUT2D eigenvalue weighted by Crippen LogP contribution is 2.18. The Balaban J connectivity index is 0.000000386. The number of rotatable bonds is 1. The first kappa shape index (κ1) is 11.9. The molecule has 1 aromatic carbocycles. The first-order chi connectivity index (χ1) is 7.77. The van der Waals surface area contributed by atoms with Crippen molar-refractivity contribution in [1.29, 1.82) is 0 Å². The van der Waals surface area contributed by atoms with Gasteiger partial charge in [0.2, 0.25) is 0 Å². The third kappa shape index (κ3) is 3.53. The average molecular weight is 215 g/mol. The fourth-order valence-corrected chi connectivity index (χ4v) is 1.36. The van der Waals surface area contributed by atoms with Crippen molar-refractivity contribution in [1.82, 2.24) is 4.98 Å². The molecule has 2 rings (SSSR count). The molecule has 0 fully saturated rings. The van der Waals surface area contributed by atoms with Crippen LogP contribution in [-0.2, 0) is 4.79 Å². The molecule has 0 unspecified atom stereocenters. The summed E-state index contributed by atoms with van der Waals surface area (Å²) in [6.45, 7) is 1.76. The molecule has 0 saturated heterocycles. The third-order valence-electron chi connectivity index (χ3n) is 2.00. The number of hydrogen-bond acceptors (Lipinski definition) is 2. The van der Waals surface area contributed by atoms with E-state index in [1.165, 1.54) is 11.1 Å². The van der Waals surface area contributed by atoms with Gasteiger partial charge in [0.15, 0.2) is 0 Å². The molecule has 0 aliphatic heterocycles. The number of pyridine rings is 1. The lowest BCUT2D eigenvalue weighted by Gasteiger charge is -2.00. The number of hydrogen-bond donors (Lipinski definition) is 1. The molecule has 0 amide bonds. The SMILES string of the molecule is Cc1cc(-c2ccccc2)ccn1.O=CO. The number of aromatic nitrogens is 1. The van der Waals surface area contributed by atoms with Crippen LogP contribution in [0.15, 0.2) is 48.7 Å². The van der Waals surface area contributed by atoms with Gasteiger partial charge in [-0.3, -0.25) is 9.78 Å². The molecular formula is C13H13NO2. The lowest BCUT2D eigenvalue weighted by Crippen LogP contribution is -1.81. The van der Waals surface area contributed by atoms with Crippen LogP contribution in [0.25, 0.3) is 11.1 Å². The molecule has 16 heavy (non-hydrogen) atoms. The molecule has 1 N–H and O–H groups in total. The zero-order valence-electron chi connectivity index (χ0n) is 9.00. The molecule has 0 bridgehead atoms. The van der Waals surface area contributed by atoms with Gasteiger partial charge in [-0.1, -0.05) is 30.3 Å². The molecule has 3 heteroatoms. The highest BCUT2D eigenvalue weighted by atomic mass is 16.3. The van der Waals surface area contributed by atoms with Crippen LogP contribution in [0.4, 0.5) is 0 Å². The predicted octanol–water partition coefficient (Wildman–Crippen LogP) is 2.76. The van der Waals surface area contributed by atoms with Crippen LogP contribution in [0.3, 0.4) is 0 Å². The van der Waals surface area contributed by atoms with E-state index in [0.717, 1.165) is 5.69 Å². The van der Waals surface area contributed by atoms with Gasteiger partial charge in [-0.2, -0.15) is 0 Å². The Morgan fingerprint density at radius 2 is 1.75 bits per heavy atom. The van der Waals surface area contributed by atoms with Crippen molar-refractivity contribution in [2.75, 3.05) is 0 Å². The minimum atomic E-state index is -0.250. The van der Waals surface area contributed by atoms with Crippen LogP contribution >= 0.6 is 0 Å². The van der Waals surface area contributed by atoms with Gasteiger partial charge >= 0.3 is 0 Å². The Bertz CT molecular complexity index is 441. The summed E-state index contributed by atoms with van der Waals surface area (Å²) in [5.41, 5.74) is 3.53. The Kier molecular flexibility index (Phi) is 4.73. The third-order valence-corrected chi connectivity index (χ3v) is 2.00. The second kappa shape index (κ2) is 6.35. The van der Waals surface area contributed by atoms with E-state index in [2.05, 4.69) is 23.2 Å². The molecule has 0 aliphatic rings. The van der Waals surface area contributed by atoms with Gasteiger partial charge in [0.05, 0.1) is 0 Å². The van der Waals surface area contributed by atoms with Gasteiger partial charge in [0.1, 0.15) is 0 Å². The standard InChI is InChI=1S/C12H11N.CH2O2/c1-10-9-12(7-8-13-10)11-5-3-2-4-6-11;2-1-3/h2-9H,1H3;1H,(H,2,3). The zero-order chi connectivity index (χ0) is 11.8. The van der Waals surface area contributed by atoms with Gasteiger partial charge < -0.3 is 5.11 Å². The summed E-state index contributed by atoms with van der Waals surface area (Å²) in [7, 11) is 0. The fourth-order valence-electron chi connectivity index (χ4n) is 1.36. The van der Waals surface area contributed by atoms with E-state index in [4.69, 9.17) is 9.90 Å². The van der Waals surface area contributed by atoms with E-state index in [1.807, 2.05) is 37.4 Å². The lowest BCUT2D eigenvalue weighted by atomic mass is 10.1. The first-order valence-electron chi connectivity index (χ1n) is 4.84. The molecular weight excluding hydrogens is 202 g/mol. The van der Waals surface area contributed by atoms with Gasteiger partial charge in [-0.05, 0) is 30.2 Å². The number of benzene rings is 1. The zero-order valence-corrected chi connectivity index (χ0v) is 9.00. The average Bonchev–Trinajstić information content (AvgIpc) is 2.31. The quantitative estimate of drug-likeness (QED) is 0.744. The maximum atomic E-state index is 8.36. The van der Waals surface area contributed by atoms with E-state index in [-0.39, 0.29) is 6.47 Å². The summed E-state index contributed by atoms with van der Waals surface area (Å²) in [5.74, 6) is 0. The fraction of sp³-hybridized carbons (Fsp3) is 0.0769. The highest BCUT2D eigenvalue weighted by molar-refractivity contribution is 5.62. The van der Waals surface area contributed by atoms with Crippen LogP contribution in [0, 0.1) is 6.92 Å². The number of carboxylic acid groups (broad SMARTS) is 1. The van der Waals surface area contributed by atoms with Gasteiger partial charge in [0, 0.05) is 11.9 Å². The normalized spacial score (nSPS) is 8.81. The van der Waals surface area contributed by atoms with Crippen LogP contribution in [-0.4, -0.2) is 16.6 Å². The monoisotopic (exact) mass is 215 g/mol. The van der Waals surface area contributed by atoms with Crippen molar-refractivity contribution in [3.05, 3.63) is 54.4 Å². The second-order valence-electron chi connectivity index (χ2n) is 3.16. The first-order valence-corrected chi connectivity index (χ1v) is 4.84. The molecule has 3 nitrogen and oxygen atoms in total. The number of nitrogens with zero attached hydrogens (tertiary/aromatic N) is 1. The summed E-state index contributed by atoms with van der Waals surface area (Å²) in [5, 5.41) is 6.89. The lowest BCUT2D eigenvalue weighted by molar-refractivity contribution is -0.122. The predicted molar refractivity (Wildman–Crippen MR) is 63.1 cm³/mol. The highest BCUT2D eigenvalue weighted by Gasteiger charge is 1.95. The van der Waals surface area contributed by atoms with Crippen molar-refractivity contribution in [2.24, 2.45) is 0 Å². The van der Waals surface area contributed by atoms with E-state index in [0.29, 0.717) is 0 Å². The minimum absolute atomic E-state index is 0.250. The summed E-state index contributed by atoms with van der Waals surface area (Å²) in [6.07, 6.45) is 1.84. The number of carbonyl (C=O) groups is 1. The molecule has 82 valence electrons. The van der Waals surface area contributed by atoms with Crippen LogP contribution in [0.5, 0.6) is 0 Å². The van der Waals surface area contributed by atoms with Crippen molar-refractivity contribution in [2.45, 2.75) is 6.92 Å². The molecule has 0 saturated carbocycles. The Labute approximate surface area is 94.4 Å². The van der Waals surface area contributed by atoms with Crippen LogP contribution < -0.4 is 0 Å². The van der Waals surface area contributed by atoms with Crippen LogP contribution in [0.2, 0.25) is 0 Å². The van der Waals surface area contributed by atoms with Crippen molar-refractivity contribution >= 4 is 6.47 Å². The Morgan fingerprint density at radius 1 is 1.12 bits per heavy atom. The van der Waals surface area contributed by atoms with Gasteiger partial charge in [-0.25, -0.2) is 0 Å². The summed E-state index contributed by atoms with van der Waals surface area (Å²) in [4.78, 5) is 12.5. The van der Waals surface area contributed by atoms with E-state index in [1.54, 1.807) is 0 Å². The topological polar surface area (TPSA) is 50.2 Å². The van der Waals surface area contributed by atoms with Crippen molar-refractivity contribution in [3.8, 4) is 11.1 Å². The summed E-state index contributed by atoms with van der Waals surface area (Å²) >= 11 is 0. The maximum Gasteiger partial charge on any atom is 0.290 e. The molecule has 0 atom stereocenters. The minimum Gasteiger partial charge on any atom is -0.483 e. The smallest absolute Gasteiger partial charge is 0.290 e. The Morgan fingerprint density at radius 3 is 2.31 bits per heavy atom. The second-order valence-corrected chi connectivity index (χ2v) is 3.16. The van der Waals surface area contributed by atoms with Gasteiger partial charge in [0.25, 0.3) is 6.47 Å². The van der Waals surface area contributed by atoms with Crippen molar-refractivity contribution < 1.29 is 9.90 Å². The Hall–Kier alpha value is -2.16. The number of aryl methyl sites for hydroxylation is 1. The molecule has 0 aliphatic carbocycles. The summed E-state index contributed by atoms with van der Waals surface area (Å²) in [6, 6.07) is 14.5. The van der Waals surface area contributed by atoms with Gasteiger partial charge in [-0.15, -0.1) is 0 Å². The molecule has 1 heterocycles. The van der Waals surface area contributed by atoms with E-state index in [9.17, 15) is 0 Å². The maximum absolute atomic E-state index is 8.36. The van der Waals surface area contributed by atoms with Crippen molar-refractivity contribution in [3.63, 3.8) is 0 Å². The largest absolute Gasteiger partial charge is 0.483 e. The molecule has 2 aromatic rings. The molecule has 0 radical (unpaired) electrons. The van der Waals surface area contributed by atoms with Crippen LogP contribution in [0.1, 0.15) is 5.69 Å². The summed E-state index contributed by atoms with van der Waals surface area (Å²) < 4.78 is 0. The van der Waals surface area contributed by atoms with E-state index < -0.39 is 0 Å².